The van der Waals surface area contributed by atoms with E-state index in [2.05, 4.69) is 20.8 Å². The van der Waals surface area contributed by atoms with Crippen LogP contribution in [0.2, 0.25) is 0 Å². The number of carbonyl (C=O) groups excluding carboxylic acids is 2. The molecule has 0 spiro atoms. The van der Waals surface area contributed by atoms with Crippen LogP contribution in [0, 0.1) is 0 Å². The van der Waals surface area contributed by atoms with Gasteiger partial charge in [-0.05, 0) is 19.3 Å². The maximum absolute atomic E-state index is 12.5. The van der Waals surface area contributed by atoms with Crippen LogP contribution >= 0.6 is 0 Å². The number of carbonyl (C=O) groups is 2. The number of hydrogen-bond donors (Lipinski definition) is 0. The monoisotopic (exact) mass is 369 g/mol. The van der Waals surface area contributed by atoms with E-state index in [0.717, 1.165) is 38.8 Å². The van der Waals surface area contributed by atoms with Crippen LogP contribution in [0.3, 0.4) is 0 Å². The topological polar surface area (TPSA) is 46.6 Å². The molecule has 0 bridgehead atoms. The van der Waals surface area contributed by atoms with Crippen molar-refractivity contribution in [1.29, 1.82) is 0 Å². The van der Waals surface area contributed by atoms with E-state index in [4.69, 9.17) is 4.74 Å². The minimum absolute atomic E-state index is 0.114. The van der Waals surface area contributed by atoms with Crippen LogP contribution in [0.1, 0.15) is 111 Å². The van der Waals surface area contributed by atoms with Gasteiger partial charge in [-0.3, -0.25) is 9.59 Å². The van der Waals surface area contributed by atoms with Crippen molar-refractivity contribution in [1.82, 2.24) is 4.90 Å². The van der Waals surface area contributed by atoms with Crippen molar-refractivity contribution in [3.63, 3.8) is 0 Å². The Kier molecular flexibility index (Phi) is 18.0. The molecule has 0 atom stereocenters. The van der Waals surface area contributed by atoms with Gasteiger partial charge in [0.05, 0.1) is 13.0 Å². The third-order valence-electron chi connectivity index (χ3n) is 4.72. The van der Waals surface area contributed by atoms with Gasteiger partial charge in [-0.15, -0.1) is 0 Å². The summed E-state index contributed by atoms with van der Waals surface area (Å²) in [5.41, 5.74) is 0. The Balaban J connectivity index is 4.18. The van der Waals surface area contributed by atoms with E-state index in [0.29, 0.717) is 6.61 Å². The molecule has 4 heteroatoms. The van der Waals surface area contributed by atoms with Gasteiger partial charge in [0.25, 0.3) is 0 Å². The van der Waals surface area contributed by atoms with Gasteiger partial charge >= 0.3 is 5.97 Å². The molecule has 0 heterocycles. The first-order valence-electron chi connectivity index (χ1n) is 11.1. The molecule has 0 saturated carbocycles. The molecular weight excluding hydrogens is 326 g/mol. The molecule has 0 fully saturated rings. The zero-order valence-corrected chi connectivity index (χ0v) is 17.7. The van der Waals surface area contributed by atoms with E-state index in [9.17, 15) is 9.59 Å². The number of hydrogen-bond acceptors (Lipinski definition) is 3. The van der Waals surface area contributed by atoms with Crippen LogP contribution < -0.4 is 0 Å². The van der Waals surface area contributed by atoms with Gasteiger partial charge < -0.3 is 9.64 Å². The van der Waals surface area contributed by atoms with Crippen LogP contribution in [-0.4, -0.2) is 36.5 Å². The molecule has 0 radical (unpaired) electrons. The Morgan fingerprint density at radius 2 is 1.15 bits per heavy atom. The lowest BCUT2D eigenvalue weighted by Crippen LogP contribution is -2.33. The van der Waals surface area contributed by atoms with Gasteiger partial charge in [-0.2, -0.15) is 0 Å². The zero-order valence-electron chi connectivity index (χ0n) is 17.7. The van der Waals surface area contributed by atoms with E-state index in [1.807, 2.05) is 4.90 Å². The van der Waals surface area contributed by atoms with Gasteiger partial charge in [-0.25, -0.2) is 0 Å². The summed E-state index contributed by atoms with van der Waals surface area (Å²) in [7, 11) is 0. The molecular formula is C22H43NO3. The Morgan fingerprint density at radius 3 is 1.65 bits per heavy atom. The Morgan fingerprint density at radius 1 is 0.654 bits per heavy atom. The predicted molar refractivity (Wildman–Crippen MR) is 109 cm³/mol. The van der Waals surface area contributed by atoms with E-state index in [1.165, 1.54) is 51.4 Å². The zero-order chi connectivity index (χ0) is 19.5. The second-order valence-corrected chi connectivity index (χ2v) is 7.28. The summed E-state index contributed by atoms with van der Waals surface area (Å²) in [6, 6.07) is 0. The van der Waals surface area contributed by atoms with Crippen LogP contribution in [0.4, 0.5) is 0 Å². The summed E-state index contributed by atoms with van der Waals surface area (Å²) in [4.78, 5) is 26.2. The summed E-state index contributed by atoms with van der Waals surface area (Å²) < 4.78 is 5.15. The summed E-state index contributed by atoms with van der Waals surface area (Å²) in [6.07, 6.45) is 14.4. The normalized spacial score (nSPS) is 10.7. The number of unbranched alkanes of at least 4 members (excludes halogenated alkanes) is 9. The fraction of sp³-hybridized carbons (Fsp3) is 0.909. The van der Waals surface area contributed by atoms with Crippen molar-refractivity contribution < 1.29 is 14.3 Å². The Labute approximate surface area is 162 Å². The van der Waals surface area contributed by atoms with Gasteiger partial charge in [0.1, 0.15) is 0 Å². The number of amides is 1. The maximum atomic E-state index is 12.5. The number of rotatable bonds is 18. The maximum Gasteiger partial charge on any atom is 0.306 e. The van der Waals surface area contributed by atoms with Crippen molar-refractivity contribution in [3.8, 4) is 0 Å². The summed E-state index contributed by atoms with van der Waals surface area (Å²) in [5, 5.41) is 0. The smallest absolute Gasteiger partial charge is 0.306 e. The third kappa shape index (κ3) is 15.2. The lowest BCUT2D eigenvalue weighted by Gasteiger charge is -2.23. The van der Waals surface area contributed by atoms with Crippen LogP contribution in [-0.2, 0) is 14.3 Å². The molecule has 0 rings (SSSR count). The predicted octanol–water partition coefficient (Wildman–Crippen LogP) is 5.88. The molecule has 0 aliphatic rings. The molecule has 0 aliphatic carbocycles. The van der Waals surface area contributed by atoms with E-state index in [1.54, 1.807) is 0 Å². The summed E-state index contributed by atoms with van der Waals surface area (Å²) in [6.45, 7) is 8.64. The molecule has 0 unspecified atom stereocenters. The Hall–Kier alpha value is -1.06. The van der Waals surface area contributed by atoms with E-state index < -0.39 is 0 Å². The molecule has 0 saturated heterocycles. The molecule has 0 N–H and O–H groups in total. The largest absolute Gasteiger partial charge is 0.466 e. The minimum Gasteiger partial charge on any atom is -0.466 e. The van der Waals surface area contributed by atoms with E-state index in [-0.39, 0.29) is 24.7 Å². The average Bonchev–Trinajstić information content (AvgIpc) is 2.64. The van der Waals surface area contributed by atoms with Crippen molar-refractivity contribution in [2.45, 2.75) is 111 Å². The van der Waals surface area contributed by atoms with Gasteiger partial charge in [0.2, 0.25) is 5.91 Å². The number of ether oxygens (including phenoxy) is 1. The third-order valence-corrected chi connectivity index (χ3v) is 4.72. The fourth-order valence-electron chi connectivity index (χ4n) is 2.94. The fourth-order valence-corrected chi connectivity index (χ4v) is 2.94. The second kappa shape index (κ2) is 18.7. The first-order chi connectivity index (χ1) is 12.7. The SMILES string of the molecule is CCCCCCCN(CCCCCCC)C(=O)CCC(=O)OCCCC. The van der Waals surface area contributed by atoms with Crippen molar-refractivity contribution in [2.75, 3.05) is 19.7 Å². The molecule has 0 aromatic rings. The molecule has 0 aromatic carbocycles. The average molecular weight is 370 g/mol. The Bertz CT molecular complexity index is 330. The standard InChI is InChI=1S/C22H43NO3/c1-4-7-10-12-14-18-23(19-15-13-11-8-5-2)21(24)16-17-22(25)26-20-9-6-3/h4-20H2,1-3H3. The van der Waals surface area contributed by atoms with Crippen molar-refractivity contribution in [2.24, 2.45) is 0 Å². The van der Waals surface area contributed by atoms with E-state index >= 15 is 0 Å². The van der Waals surface area contributed by atoms with Gasteiger partial charge in [0.15, 0.2) is 0 Å². The molecule has 154 valence electrons. The quantitative estimate of drug-likeness (QED) is 0.224. The first-order valence-corrected chi connectivity index (χ1v) is 11.1. The molecule has 26 heavy (non-hydrogen) atoms. The van der Waals surface area contributed by atoms with Crippen LogP contribution in [0.15, 0.2) is 0 Å². The summed E-state index contributed by atoms with van der Waals surface area (Å²) in [5.74, 6) is -0.124. The highest BCUT2D eigenvalue weighted by molar-refractivity contribution is 5.81. The van der Waals surface area contributed by atoms with Crippen LogP contribution in [0.5, 0.6) is 0 Å². The highest BCUT2D eigenvalue weighted by Crippen LogP contribution is 2.10. The minimum atomic E-state index is -0.238. The highest BCUT2D eigenvalue weighted by Gasteiger charge is 2.15. The second-order valence-electron chi connectivity index (χ2n) is 7.28. The van der Waals surface area contributed by atoms with Gasteiger partial charge in [0, 0.05) is 19.5 Å². The molecule has 4 nitrogen and oxygen atoms in total. The van der Waals surface area contributed by atoms with Gasteiger partial charge in [-0.1, -0.05) is 78.6 Å². The highest BCUT2D eigenvalue weighted by atomic mass is 16.5. The van der Waals surface area contributed by atoms with Crippen molar-refractivity contribution >= 4 is 11.9 Å². The van der Waals surface area contributed by atoms with Crippen molar-refractivity contribution in [3.05, 3.63) is 0 Å². The van der Waals surface area contributed by atoms with Crippen LogP contribution in [0.25, 0.3) is 0 Å². The summed E-state index contributed by atoms with van der Waals surface area (Å²) >= 11 is 0. The molecule has 0 aromatic heterocycles. The number of esters is 1. The molecule has 1 amide bonds. The lowest BCUT2D eigenvalue weighted by atomic mass is 10.1. The number of nitrogens with zero attached hydrogens (tertiary/aromatic N) is 1. The lowest BCUT2D eigenvalue weighted by molar-refractivity contribution is -0.146. The molecule has 0 aliphatic heterocycles. The first kappa shape index (κ1) is 24.9.